The van der Waals surface area contributed by atoms with Gasteiger partial charge in [0.1, 0.15) is 12.3 Å². The van der Waals surface area contributed by atoms with Crippen molar-refractivity contribution in [1.82, 2.24) is 4.90 Å². The van der Waals surface area contributed by atoms with E-state index < -0.39 is 0 Å². The minimum Gasteiger partial charge on any atom is -0.493 e. The summed E-state index contributed by atoms with van der Waals surface area (Å²) < 4.78 is 16.8. The monoisotopic (exact) mass is 423 g/mol. The van der Waals surface area contributed by atoms with E-state index in [1.807, 2.05) is 42.2 Å². The maximum atomic E-state index is 12.7. The lowest BCUT2D eigenvalue weighted by Crippen LogP contribution is -3.13. The van der Waals surface area contributed by atoms with Crippen LogP contribution < -0.4 is 19.1 Å². The molecule has 4 rings (SSSR count). The van der Waals surface area contributed by atoms with Gasteiger partial charge in [-0.25, -0.2) is 0 Å². The third kappa shape index (κ3) is 5.20. The van der Waals surface area contributed by atoms with Gasteiger partial charge in [-0.05, 0) is 48.4 Å². The predicted molar refractivity (Wildman–Crippen MR) is 120 cm³/mol. The molecule has 0 aromatic heterocycles. The van der Waals surface area contributed by atoms with Crippen molar-refractivity contribution in [2.45, 2.75) is 19.9 Å². The largest absolute Gasteiger partial charge is 0.493 e. The second-order valence-corrected chi connectivity index (χ2v) is 8.05. The summed E-state index contributed by atoms with van der Waals surface area (Å²) in [4.78, 5) is 16.1. The summed E-state index contributed by atoms with van der Waals surface area (Å²) in [6.45, 7) is 7.17. The van der Waals surface area contributed by atoms with E-state index >= 15 is 0 Å². The molecule has 164 valence electrons. The number of hydrogen-bond acceptors (Lipinski definition) is 4. The molecule has 1 fully saturated rings. The van der Waals surface area contributed by atoms with Crippen molar-refractivity contribution in [3.8, 4) is 17.2 Å². The molecule has 1 amide bonds. The number of methoxy groups -OCH3 is 1. The van der Waals surface area contributed by atoms with Crippen LogP contribution in [0.1, 0.15) is 23.6 Å². The highest BCUT2D eigenvalue weighted by molar-refractivity contribution is 5.78. The highest BCUT2D eigenvalue weighted by atomic mass is 16.5. The lowest BCUT2D eigenvalue weighted by atomic mass is 10.1. The zero-order valence-corrected chi connectivity index (χ0v) is 18.4. The molecule has 2 aromatic rings. The van der Waals surface area contributed by atoms with Crippen molar-refractivity contribution in [2.24, 2.45) is 0 Å². The Hall–Kier alpha value is -2.99. The van der Waals surface area contributed by atoms with Crippen molar-refractivity contribution in [1.29, 1.82) is 0 Å². The van der Waals surface area contributed by atoms with Gasteiger partial charge in [-0.1, -0.05) is 18.2 Å². The first-order chi connectivity index (χ1) is 15.2. The van der Waals surface area contributed by atoms with Gasteiger partial charge in [0, 0.05) is 12.0 Å². The molecule has 0 spiro atoms. The summed E-state index contributed by atoms with van der Waals surface area (Å²) in [7, 11) is 1.61. The fraction of sp³-hybridized carbons (Fsp3) is 0.400. The smallest absolute Gasteiger partial charge is 0.260 e. The average molecular weight is 424 g/mol. The maximum Gasteiger partial charge on any atom is 0.260 e. The summed E-state index contributed by atoms with van der Waals surface area (Å²) >= 11 is 0. The second-order valence-electron chi connectivity index (χ2n) is 8.05. The topological polar surface area (TPSA) is 52.4 Å². The summed E-state index contributed by atoms with van der Waals surface area (Å²) in [6, 6.07) is 12.2. The molecule has 0 atom stereocenters. The Morgan fingerprint density at radius 3 is 2.77 bits per heavy atom. The van der Waals surface area contributed by atoms with Crippen LogP contribution in [0.15, 0.2) is 42.5 Å². The van der Waals surface area contributed by atoms with Crippen LogP contribution in [0.3, 0.4) is 0 Å². The van der Waals surface area contributed by atoms with Crippen molar-refractivity contribution in [3.63, 3.8) is 0 Å². The SMILES string of the molecule is C/C=C/c1ccc(OCC(=O)N2CC[NH+](Cc3ccc4c(c3)CCO4)CC2)c(OC)c1. The van der Waals surface area contributed by atoms with Gasteiger partial charge in [-0.15, -0.1) is 0 Å². The Kier molecular flexibility index (Phi) is 6.77. The number of fused-ring (bicyclic) bond motifs is 1. The molecule has 0 aliphatic carbocycles. The number of carbonyl (C=O) groups excluding carboxylic acids is 1. The number of amides is 1. The lowest BCUT2D eigenvalue weighted by molar-refractivity contribution is -0.917. The fourth-order valence-corrected chi connectivity index (χ4v) is 4.22. The average Bonchev–Trinajstić information content (AvgIpc) is 3.26. The normalized spacial score (nSPS) is 16.3. The number of hydrogen-bond donors (Lipinski definition) is 1. The van der Waals surface area contributed by atoms with Gasteiger partial charge >= 0.3 is 0 Å². The van der Waals surface area contributed by atoms with Gasteiger partial charge in [0.2, 0.25) is 0 Å². The zero-order chi connectivity index (χ0) is 21.6. The minimum atomic E-state index is 0.0216. The van der Waals surface area contributed by atoms with Crippen molar-refractivity contribution >= 4 is 12.0 Å². The van der Waals surface area contributed by atoms with E-state index in [9.17, 15) is 4.79 Å². The predicted octanol–water partition coefficient (Wildman–Crippen LogP) is 1.97. The Balaban J connectivity index is 1.26. The summed E-state index contributed by atoms with van der Waals surface area (Å²) in [5, 5.41) is 0. The quantitative estimate of drug-likeness (QED) is 0.740. The van der Waals surface area contributed by atoms with Gasteiger partial charge in [0.05, 0.1) is 39.9 Å². The van der Waals surface area contributed by atoms with Crippen LogP contribution in [-0.2, 0) is 17.8 Å². The van der Waals surface area contributed by atoms with Crippen LogP contribution in [0.5, 0.6) is 17.2 Å². The number of ether oxygens (including phenoxy) is 3. The molecule has 0 unspecified atom stereocenters. The number of rotatable bonds is 7. The number of piperazine rings is 1. The third-order valence-corrected chi connectivity index (χ3v) is 5.93. The molecule has 1 saturated heterocycles. The number of benzene rings is 2. The molecule has 6 nitrogen and oxygen atoms in total. The molecule has 2 heterocycles. The van der Waals surface area contributed by atoms with Crippen LogP contribution in [0.4, 0.5) is 0 Å². The Labute approximate surface area is 184 Å². The summed E-state index contributed by atoms with van der Waals surface area (Å²) in [5.74, 6) is 2.28. The van der Waals surface area contributed by atoms with Crippen LogP contribution in [-0.4, -0.2) is 57.3 Å². The highest BCUT2D eigenvalue weighted by Gasteiger charge is 2.25. The first kappa shape index (κ1) is 21.2. The van der Waals surface area contributed by atoms with Gasteiger partial charge in [0.25, 0.3) is 5.91 Å². The van der Waals surface area contributed by atoms with Gasteiger partial charge < -0.3 is 24.0 Å². The van der Waals surface area contributed by atoms with E-state index in [-0.39, 0.29) is 12.5 Å². The number of nitrogens with one attached hydrogen (secondary N) is 1. The van der Waals surface area contributed by atoms with Gasteiger partial charge in [0.15, 0.2) is 18.1 Å². The number of carbonyl (C=O) groups is 1. The molecule has 2 aliphatic heterocycles. The van der Waals surface area contributed by atoms with E-state index in [4.69, 9.17) is 14.2 Å². The van der Waals surface area contributed by atoms with E-state index in [2.05, 4.69) is 18.2 Å². The van der Waals surface area contributed by atoms with E-state index in [1.165, 1.54) is 16.0 Å². The summed E-state index contributed by atoms with van der Waals surface area (Å²) in [5.41, 5.74) is 3.70. The highest BCUT2D eigenvalue weighted by Crippen LogP contribution is 2.28. The van der Waals surface area contributed by atoms with E-state index in [1.54, 1.807) is 7.11 Å². The van der Waals surface area contributed by atoms with Gasteiger partial charge in [-0.3, -0.25) is 4.79 Å². The Bertz CT molecular complexity index is 949. The molecule has 31 heavy (non-hydrogen) atoms. The van der Waals surface area contributed by atoms with E-state index in [0.29, 0.717) is 11.5 Å². The van der Waals surface area contributed by atoms with Gasteiger partial charge in [-0.2, -0.15) is 0 Å². The van der Waals surface area contributed by atoms with Crippen LogP contribution in [0, 0.1) is 0 Å². The number of quaternary nitrogens is 1. The van der Waals surface area contributed by atoms with E-state index in [0.717, 1.165) is 57.1 Å². The first-order valence-electron chi connectivity index (χ1n) is 11.0. The molecule has 0 saturated carbocycles. The Morgan fingerprint density at radius 1 is 1.16 bits per heavy atom. The lowest BCUT2D eigenvalue weighted by Gasteiger charge is -2.32. The molecule has 0 bridgehead atoms. The first-order valence-corrected chi connectivity index (χ1v) is 11.0. The molecule has 1 N–H and O–H groups in total. The molecule has 0 radical (unpaired) electrons. The minimum absolute atomic E-state index is 0.0216. The number of nitrogens with zero attached hydrogens (tertiary/aromatic N) is 1. The molecular weight excluding hydrogens is 392 g/mol. The third-order valence-electron chi connectivity index (χ3n) is 5.93. The molecule has 2 aromatic carbocycles. The Morgan fingerprint density at radius 2 is 2.00 bits per heavy atom. The fourth-order valence-electron chi connectivity index (χ4n) is 4.22. The van der Waals surface area contributed by atoms with Crippen LogP contribution >= 0.6 is 0 Å². The maximum absolute atomic E-state index is 12.7. The molecule has 6 heteroatoms. The van der Waals surface area contributed by atoms with Crippen LogP contribution in [0.25, 0.3) is 6.08 Å². The van der Waals surface area contributed by atoms with Crippen LogP contribution in [0.2, 0.25) is 0 Å². The standard InChI is InChI=1S/C25H30N2O4/c1-3-4-19-5-8-23(24(16-19)29-2)31-18-25(28)27-12-10-26(11-13-27)17-20-6-7-22-21(15-20)9-14-30-22/h3-8,15-16H,9-14,17-18H2,1-2H3/p+1/b4-3+. The van der Waals surface area contributed by atoms with Crippen molar-refractivity contribution in [3.05, 3.63) is 59.2 Å². The van der Waals surface area contributed by atoms with Crippen molar-refractivity contribution in [2.75, 3.05) is 46.5 Å². The molecular formula is C25H31N2O4+. The number of allylic oxidation sites excluding steroid dienone is 1. The molecule has 2 aliphatic rings. The van der Waals surface area contributed by atoms with Crippen molar-refractivity contribution < 1.29 is 23.9 Å². The zero-order valence-electron chi connectivity index (χ0n) is 18.4. The summed E-state index contributed by atoms with van der Waals surface area (Å²) in [6.07, 6.45) is 4.97. The second kappa shape index (κ2) is 9.88.